The lowest BCUT2D eigenvalue weighted by atomic mass is 10.2. The lowest BCUT2D eigenvalue weighted by molar-refractivity contribution is 0.138. The van der Waals surface area contributed by atoms with Gasteiger partial charge in [-0.2, -0.15) is 5.10 Å². The zero-order valence-electron chi connectivity index (χ0n) is 8.65. The average molecular weight is 242 g/mol. The number of halogens is 3. The molecular formula is C11H9F3N2O. The van der Waals surface area contributed by atoms with Crippen molar-refractivity contribution in [3.05, 3.63) is 47.5 Å². The quantitative estimate of drug-likeness (QED) is 0.897. The third-order valence-corrected chi connectivity index (χ3v) is 2.33. The molecule has 0 spiro atoms. The van der Waals surface area contributed by atoms with Gasteiger partial charge in [-0.25, -0.2) is 17.9 Å². The Hall–Kier alpha value is -1.82. The van der Waals surface area contributed by atoms with Crippen LogP contribution in [-0.4, -0.2) is 14.9 Å². The van der Waals surface area contributed by atoms with Crippen LogP contribution in [0.4, 0.5) is 13.2 Å². The molecule has 0 aliphatic rings. The zero-order valence-corrected chi connectivity index (χ0v) is 8.65. The highest BCUT2D eigenvalue weighted by Crippen LogP contribution is 2.25. The van der Waals surface area contributed by atoms with E-state index in [1.54, 1.807) is 0 Å². The molecule has 0 aliphatic heterocycles. The van der Waals surface area contributed by atoms with Gasteiger partial charge in [0.1, 0.15) is 11.5 Å². The first-order valence-corrected chi connectivity index (χ1v) is 4.85. The van der Waals surface area contributed by atoms with Gasteiger partial charge in [-0.15, -0.1) is 0 Å². The summed E-state index contributed by atoms with van der Waals surface area (Å²) < 4.78 is 39.4. The molecule has 0 saturated carbocycles. The molecule has 0 aliphatic carbocycles. The Bertz CT molecular complexity index is 508. The van der Waals surface area contributed by atoms with E-state index in [2.05, 4.69) is 5.10 Å². The molecule has 2 aromatic rings. The zero-order chi connectivity index (χ0) is 12.4. The van der Waals surface area contributed by atoms with E-state index >= 15 is 0 Å². The van der Waals surface area contributed by atoms with Crippen LogP contribution in [0.3, 0.4) is 0 Å². The second-order valence-corrected chi connectivity index (χ2v) is 3.40. The first kappa shape index (κ1) is 11.7. The second kappa shape index (κ2) is 4.58. The van der Waals surface area contributed by atoms with Crippen LogP contribution in [0.15, 0.2) is 30.5 Å². The maximum Gasteiger partial charge on any atom is 0.280 e. The van der Waals surface area contributed by atoms with Gasteiger partial charge >= 0.3 is 0 Å². The van der Waals surface area contributed by atoms with Crippen molar-refractivity contribution in [3.63, 3.8) is 0 Å². The number of alkyl halides is 2. The van der Waals surface area contributed by atoms with Crippen molar-refractivity contribution in [1.29, 1.82) is 0 Å². The summed E-state index contributed by atoms with van der Waals surface area (Å²) in [6, 6.07) is 5.00. The molecule has 0 bridgehead atoms. The van der Waals surface area contributed by atoms with Crippen LogP contribution in [0.5, 0.6) is 0 Å². The molecule has 0 fully saturated rings. The number of hydrogen-bond acceptors (Lipinski definition) is 2. The molecule has 0 amide bonds. The topological polar surface area (TPSA) is 38.1 Å². The summed E-state index contributed by atoms with van der Waals surface area (Å²) in [7, 11) is 0. The summed E-state index contributed by atoms with van der Waals surface area (Å²) in [4.78, 5) is 0. The van der Waals surface area contributed by atoms with Crippen LogP contribution in [0, 0.1) is 5.82 Å². The van der Waals surface area contributed by atoms with Gasteiger partial charge in [-0.1, -0.05) is 0 Å². The van der Waals surface area contributed by atoms with E-state index in [0.29, 0.717) is 5.69 Å². The van der Waals surface area contributed by atoms with Crippen molar-refractivity contribution in [2.45, 2.75) is 13.0 Å². The molecule has 0 saturated heterocycles. The lowest BCUT2D eigenvalue weighted by Crippen LogP contribution is -2.04. The number of nitrogens with zero attached hydrogens (tertiary/aromatic N) is 2. The molecule has 6 heteroatoms. The molecule has 0 atom stereocenters. The monoisotopic (exact) mass is 242 g/mol. The molecule has 0 unspecified atom stereocenters. The molecule has 3 nitrogen and oxygen atoms in total. The SMILES string of the molecule is OCc1cnn(-c2ccc(F)cc2)c1C(F)F. The molecule has 17 heavy (non-hydrogen) atoms. The average Bonchev–Trinajstić information content (AvgIpc) is 2.73. The minimum atomic E-state index is -2.76. The first-order valence-electron chi connectivity index (χ1n) is 4.85. The van der Waals surface area contributed by atoms with E-state index in [0.717, 1.165) is 16.8 Å². The van der Waals surface area contributed by atoms with Crippen molar-refractivity contribution in [2.24, 2.45) is 0 Å². The number of aliphatic hydroxyl groups excluding tert-OH is 1. The second-order valence-electron chi connectivity index (χ2n) is 3.40. The van der Waals surface area contributed by atoms with Crippen molar-refractivity contribution in [2.75, 3.05) is 0 Å². The fourth-order valence-electron chi connectivity index (χ4n) is 1.53. The Morgan fingerprint density at radius 1 is 1.24 bits per heavy atom. The summed E-state index contributed by atoms with van der Waals surface area (Å²) >= 11 is 0. The van der Waals surface area contributed by atoms with Gasteiger partial charge in [0, 0.05) is 5.56 Å². The maximum absolute atomic E-state index is 12.8. The molecule has 1 heterocycles. The Morgan fingerprint density at radius 3 is 2.41 bits per heavy atom. The number of aliphatic hydroxyl groups is 1. The normalized spacial score (nSPS) is 11.1. The van der Waals surface area contributed by atoms with Gasteiger partial charge in [-0.05, 0) is 24.3 Å². The molecule has 90 valence electrons. The van der Waals surface area contributed by atoms with Gasteiger partial charge in [0.15, 0.2) is 0 Å². The minimum Gasteiger partial charge on any atom is -0.392 e. The van der Waals surface area contributed by atoms with Crippen LogP contribution in [0.2, 0.25) is 0 Å². The van der Waals surface area contributed by atoms with Crippen LogP contribution in [0.1, 0.15) is 17.7 Å². The van der Waals surface area contributed by atoms with Gasteiger partial charge in [0.25, 0.3) is 6.43 Å². The first-order chi connectivity index (χ1) is 8.13. The number of benzene rings is 1. The molecule has 1 aromatic carbocycles. The van der Waals surface area contributed by atoms with Crippen molar-refractivity contribution in [1.82, 2.24) is 9.78 Å². The molecule has 1 aromatic heterocycles. The van der Waals surface area contributed by atoms with Gasteiger partial charge in [0.05, 0.1) is 18.5 Å². The van der Waals surface area contributed by atoms with Crippen molar-refractivity contribution >= 4 is 0 Å². The van der Waals surface area contributed by atoms with Crippen LogP contribution in [0.25, 0.3) is 5.69 Å². The molecular weight excluding hydrogens is 233 g/mol. The van der Waals surface area contributed by atoms with Crippen LogP contribution < -0.4 is 0 Å². The summed E-state index contributed by atoms with van der Waals surface area (Å²) in [5, 5.41) is 12.7. The Balaban J connectivity index is 2.51. The summed E-state index contributed by atoms with van der Waals surface area (Å²) in [5.74, 6) is -0.457. The smallest absolute Gasteiger partial charge is 0.280 e. The summed E-state index contributed by atoms with van der Waals surface area (Å²) in [6.45, 7) is -0.513. The largest absolute Gasteiger partial charge is 0.392 e. The van der Waals surface area contributed by atoms with Gasteiger partial charge in [0.2, 0.25) is 0 Å². The van der Waals surface area contributed by atoms with E-state index in [1.807, 2.05) is 0 Å². The minimum absolute atomic E-state index is 0.0596. The fraction of sp³-hybridized carbons (Fsp3) is 0.182. The molecule has 1 N–H and O–H groups in total. The Labute approximate surface area is 95.1 Å². The molecule has 2 rings (SSSR count). The Kier molecular flexibility index (Phi) is 3.14. The predicted molar refractivity (Wildman–Crippen MR) is 54.4 cm³/mol. The summed E-state index contributed by atoms with van der Waals surface area (Å²) in [6.07, 6.45) is -1.59. The van der Waals surface area contributed by atoms with E-state index in [1.165, 1.54) is 18.3 Å². The highest BCUT2D eigenvalue weighted by Gasteiger charge is 2.20. The Morgan fingerprint density at radius 2 is 1.88 bits per heavy atom. The van der Waals surface area contributed by atoms with Crippen LogP contribution in [-0.2, 0) is 6.61 Å². The third kappa shape index (κ3) is 2.16. The van der Waals surface area contributed by atoms with Crippen LogP contribution >= 0.6 is 0 Å². The lowest BCUT2D eigenvalue weighted by Gasteiger charge is -2.07. The van der Waals surface area contributed by atoms with E-state index in [-0.39, 0.29) is 11.3 Å². The van der Waals surface area contributed by atoms with Crippen molar-refractivity contribution in [3.8, 4) is 5.69 Å². The number of hydrogen-bond donors (Lipinski definition) is 1. The number of aromatic nitrogens is 2. The highest BCUT2D eigenvalue weighted by molar-refractivity contribution is 5.35. The van der Waals surface area contributed by atoms with E-state index < -0.39 is 18.8 Å². The van der Waals surface area contributed by atoms with Crippen molar-refractivity contribution < 1.29 is 18.3 Å². The van der Waals surface area contributed by atoms with Gasteiger partial charge in [-0.3, -0.25) is 0 Å². The fourth-order valence-corrected chi connectivity index (χ4v) is 1.53. The van der Waals surface area contributed by atoms with E-state index in [9.17, 15) is 13.2 Å². The highest BCUT2D eigenvalue weighted by atomic mass is 19.3. The maximum atomic E-state index is 12.8. The molecule has 0 radical (unpaired) electrons. The third-order valence-electron chi connectivity index (χ3n) is 2.33. The number of rotatable bonds is 3. The van der Waals surface area contributed by atoms with Gasteiger partial charge < -0.3 is 5.11 Å². The standard InChI is InChI=1S/C11H9F3N2O/c12-8-1-3-9(4-2-8)16-10(11(13)14)7(6-17)5-15-16/h1-5,11,17H,6H2. The predicted octanol–water partition coefficient (Wildman–Crippen LogP) is 2.44. The summed E-state index contributed by atoms with van der Waals surface area (Å²) in [5.41, 5.74) is 0.00448. The van der Waals surface area contributed by atoms with E-state index in [4.69, 9.17) is 5.11 Å².